The summed E-state index contributed by atoms with van der Waals surface area (Å²) in [6.45, 7) is 9.48. The molecule has 1 N–H and O–H groups in total. The van der Waals surface area contributed by atoms with Crippen LogP contribution in [0.15, 0.2) is 49.3 Å². The fourth-order valence-corrected chi connectivity index (χ4v) is 2.50. The Labute approximate surface area is 141 Å². The standard InChI is InChI=1S/C19H22N2O3/c1-5-10-24-17-13(2)11-16(12-14(17)3)18(22)20-15(4)19(23)21-8-6-7-9-21/h5-9,11-12,15H,1,10H2,2-4H3,(H,20,22). The third-order valence-corrected chi connectivity index (χ3v) is 3.64. The third-order valence-electron chi connectivity index (χ3n) is 3.64. The molecule has 0 aliphatic carbocycles. The van der Waals surface area contributed by atoms with Crippen molar-refractivity contribution in [2.45, 2.75) is 26.8 Å². The molecule has 1 aromatic heterocycles. The first kappa shape index (κ1) is 17.5. The SMILES string of the molecule is C=CCOc1c(C)cc(C(=O)NC(C)C(=O)n2cccc2)cc1C. The van der Waals surface area contributed by atoms with Gasteiger partial charge in [-0.3, -0.25) is 14.2 Å². The molecular weight excluding hydrogens is 304 g/mol. The summed E-state index contributed by atoms with van der Waals surface area (Å²) in [7, 11) is 0. The Morgan fingerprint density at radius 3 is 2.38 bits per heavy atom. The van der Waals surface area contributed by atoms with Crippen molar-refractivity contribution in [1.29, 1.82) is 0 Å². The maximum absolute atomic E-state index is 12.4. The smallest absolute Gasteiger partial charge is 0.252 e. The van der Waals surface area contributed by atoms with Gasteiger partial charge < -0.3 is 10.1 Å². The monoisotopic (exact) mass is 326 g/mol. The Kier molecular flexibility index (Phi) is 5.58. The molecule has 1 aromatic carbocycles. The predicted octanol–water partition coefficient (Wildman–Crippen LogP) is 3.13. The van der Waals surface area contributed by atoms with Gasteiger partial charge in [-0.25, -0.2) is 0 Å². The van der Waals surface area contributed by atoms with Gasteiger partial charge in [0.2, 0.25) is 0 Å². The summed E-state index contributed by atoms with van der Waals surface area (Å²) >= 11 is 0. The summed E-state index contributed by atoms with van der Waals surface area (Å²) in [6.07, 6.45) is 4.99. The van der Waals surface area contributed by atoms with Crippen LogP contribution >= 0.6 is 0 Å². The van der Waals surface area contributed by atoms with Crippen LogP contribution in [0.2, 0.25) is 0 Å². The van der Waals surface area contributed by atoms with E-state index in [0.717, 1.165) is 16.9 Å². The maximum Gasteiger partial charge on any atom is 0.252 e. The van der Waals surface area contributed by atoms with Crippen LogP contribution in [0.5, 0.6) is 5.75 Å². The molecule has 1 heterocycles. The Bertz CT molecular complexity index is 725. The van der Waals surface area contributed by atoms with Gasteiger partial charge in [0.15, 0.2) is 0 Å². The summed E-state index contributed by atoms with van der Waals surface area (Å²) in [6, 6.07) is 6.42. The molecule has 0 bridgehead atoms. The molecule has 1 atom stereocenters. The van der Waals surface area contributed by atoms with E-state index in [4.69, 9.17) is 4.74 Å². The topological polar surface area (TPSA) is 60.3 Å². The second-order valence-electron chi connectivity index (χ2n) is 5.66. The molecule has 2 rings (SSSR count). The lowest BCUT2D eigenvalue weighted by molar-refractivity contribution is 0.0814. The molecular formula is C19H22N2O3. The fourth-order valence-electron chi connectivity index (χ4n) is 2.50. The first-order valence-corrected chi connectivity index (χ1v) is 7.77. The highest BCUT2D eigenvalue weighted by Crippen LogP contribution is 2.25. The van der Waals surface area contributed by atoms with E-state index in [-0.39, 0.29) is 11.8 Å². The summed E-state index contributed by atoms with van der Waals surface area (Å²) in [4.78, 5) is 24.6. The van der Waals surface area contributed by atoms with Gasteiger partial charge in [0.25, 0.3) is 11.8 Å². The second kappa shape index (κ2) is 7.64. The minimum Gasteiger partial charge on any atom is -0.489 e. The minimum absolute atomic E-state index is 0.187. The van der Waals surface area contributed by atoms with E-state index >= 15 is 0 Å². The van der Waals surface area contributed by atoms with E-state index in [1.54, 1.807) is 49.7 Å². The van der Waals surface area contributed by atoms with Crippen molar-refractivity contribution in [3.8, 4) is 5.75 Å². The molecule has 5 nitrogen and oxygen atoms in total. The number of nitrogens with zero attached hydrogens (tertiary/aromatic N) is 1. The van der Waals surface area contributed by atoms with Crippen LogP contribution in [-0.2, 0) is 0 Å². The van der Waals surface area contributed by atoms with Crippen LogP contribution in [0, 0.1) is 13.8 Å². The number of aromatic nitrogens is 1. The molecule has 0 spiro atoms. The maximum atomic E-state index is 12.4. The van der Waals surface area contributed by atoms with Crippen LogP contribution in [0.3, 0.4) is 0 Å². The van der Waals surface area contributed by atoms with Gasteiger partial charge in [-0.2, -0.15) is 0 Å². The highest BCUT2D eigenvalue weighted by Gasteiger charge is 2.19. The molecule has 24 heavy (non-hydrogen) atoms. The van der Waals surface area contributed by atoms with E-state index in [0.29, 0.717) is 12.2 Å². The molecule has 2 aromatic rings. The van der Waals surface area contributed by atoms with Gasteiger partial charge in [0.1, 0.15) is 18.4 Å². The lowest BCUT2D eigenvalue weighted by Crippen LogP contribution is -2.40. The van der Waals surface area contributed by atoms with Crippen molar-refractivity contribution < 1.29 is 14.3 Å². The summed E-state index contributed by atoms with van der Waals surface area (Å²) in [5.41, 5.74) is 2.24. The zero-order chi connectivity index (χ0) is 17.7. The van der Waals surface area contributed by atoms with E-state index < -0.39 is 6.04 Å². The largest absolute Gasteiger partial charge is 0.489 e. The van der Waals surface area contributed by atoms with Crippen molar-refractivity contribution in [3.05, 3.63) is 66.0 Å². The molecule has 0 radical (unpaired) electrons. The van der Waals surface area contributed by atoms with E-state index in [2.05, 4.69) is 11.9 Å². The second-order valence-corrected chi connectivity index (χ2v) is 5.66. The van der Waals surface area contributed by atoms with Gasteiger partial charge in [-0.15, -0.1) is 0 Å². The summed E-state index contributed by atoms with van der Waals surface area (Å²) in [5, 5.41) is 2.74. The fraction of sp³-hybridized carbons (Fsp3) is 0.263. The van der Waals surface area contributed by atoms with E-state index in [1.807, 2.05) is 13.8 Å². The van der Waals surface area contributed by atoms with Gasteiger partial charge in [0.05, 0.1) is 0 Å². The molecule has 0 saturated heterocycles. The average molecular weight is 326 g/mol. The Morgan fingerprint density at radius 1 is 1.25 bits per heavy atom. The lowest BCUT2D eigenvalue weighted by atomic mass is 10.0. The zero-order valence-corrected chi connectivity index (χ0v) is 14.2. The summed E-state index contributed by atoms with van der Waals surface area (Å²) in [5.74, 6) is 0.278. The normalized spacial score (nSPS) is 11.6. The number of carbonyl (C=O) groups excluding carboxylic acids is 2. The average Bonchev–Trinajstić information content (AvgIpc) is 3.07. The number of nitrogens with one attached hydrogen (secondary N) is 1. The van der Waals surface area contributed by atoms with Gasteiger partial charge >= 0.3 is 0 Å². The van der Waals surface area contributed by atoms with Crippen molar-refractivity contribution in [1.82, 2.24) is 9.88 Å². The molecule has 1 unspecified atom stereocenters. The van der Waals surface area contributed by atoms with E-state index in [9.17, 15) is 9.59 Å². The first-order chi connectivity index (χ1) is 11.4. The molecule has 0 fully saturated rings. The van der Waals surface area contributed by atoms with Crippen LogP contribution in [-0.4, -0.2) is 29.0 Å². The third kappa shape index (κ3) is 3.93. The quantitative estimate of drug-likeness (QED) is 0.830. The number of hydrogen-bond donors (Lipinski definition) is 1. The molecule has 0 saturated carbocycles. The highest BCUT2D eigenvalue weighted by atomic mass is 16.5. The molecule has 1 amide bonds. The van der Waals surface area contributed by atoms with Crippen LogP contribution in [0.1, 0.15) is 33.2 Å². The number of amides is 1. The minimum atomic E-state index is -0.623. The Balaban J connectivity index is 2.12. The van der Waals surface area contributed by atoms with Crippen LogP contribution < -0.4 is 10.1 Å². The number of ether oxygens (including phenoxy) is 1. The molecule has 5 heteroatoms. The predicted molar refractivity (Wildman–Crippen MR) is 93.6 cm³/mol. The van der Waals surface area contributed by atoms with Crippen LogP contribution in [0.25, 0.3) is 0 Å². The lowest BCUT2D eigenvalue weighted by Gasteiger charge is -2.16. The van der Waals surface area contributed by atoms with Gasteiger partial charge in [0, 0.05) is 18.0 Å². The highest BCUT2D eigenvalue weighted by molar-refractivity contribution is 5.98. The van der Waals surface area contributed by atoms with Crippen molar-refractivity contribution in [3.63, 3.8) is 0 Å². The van der Waals surface area contributed by atoms with Crippen molar-refractivity contribution >= 4 is 11.8 Å². The Morgan fingerprint density at radius 2 is 1.83 bits per heavy atom. The van der Waals surface area contributed by atoms with E-state index in [1.165, 1.54) is 4.57 Å². The van der Waals surface area contributed by atoms with Crippen molar-refractivity contribution in [2.24, 2.45) is 0 Å². The molecule has 126 valence electrons. The zero-order valence-electron chi connectivity index (χ0n) is 14.2. The van der Waals surface area contributed by atoms with Crippen LogP contribution in [0.4, 0.5) is 0 Å². The summed E-state index contributed by atoms with van der Waals surface area (Å²) < 4.78 is 7.06. The molecule has 0 aliphatic rings. The number of hydrogen-bond acceptors (Lipinski definition) is 3. The first-order valence-electron chi connectivity index (χ1n) is 7.77. The number of benzene rings is 1. The van der Waals surface area contributed by atoms with Gasteiger partial charge in [-0.05, 0) is 56.2 Å². The number of carbonyl (C=O) groups is 2. The Hall–Kier alpha value is -2.82. The molecule has 0 aliphatic heterocycles. The number of rotatable bonds is 6. The van der Waals surface area contributed by atoms with Crippen molar-refractivity contribution in [2.75, 3.05) is 6.61 Å². The number of aryl methyl sites for hydroxylation is 2. The van der Waals surface area contributed by atoms with Gasteiger partial charge in [-0.1, -0.05) is 12.7 Å².